The summed E-state index contributed by atoms with van der Waals surface area (Å²) in [4.78, 5) is 3.90. The molecule has 1 N–H and O–H groups in total. The molecule has 0 saturated heterocycles. The van der Waals surface area contributed by atoms with Crippen LogP contribution in [0.4, 0.5) is 0 Å². The third-order valence-electron chi connectivity index (χ3n) is 9.16. The summed E-state index contributed by atoms with van der Waals surface area (Å²) < 4.78 is 5.19. The summed E-state index contributed by atoms with van der Waals surface area (Å²) in [6, 6.07) is 46.9. The van der Waals surface area contributed by atoms with E-state index in [1.165, 1.54) is 91.9 Å². The van der Waals surface area contributed by atoms with Crippen LogP contribution in [0.15, 0.2) is 127 Å². The van der Waals surface area contributed by atoms with Gasteiger partial charge in [-0.25, -0.2) is 0 Å². The van der Waals surface area contributed by atoms with E-state index in [9.17, 15) is 0 Å². The largest absolute Gasteiger partial charge is 0.353 e. The standard InChI is InChI=1S/C38H23BN2S/c1-2-10-22(11-3-1)23-20-29(25-14-8-16-28-35(25)40-36-27-13-5-7-19-33(27)42-38(28)36)34-32(21-23)41-31-18-6-4-12-24(31)26-15-9-17-30(39-34)37(26)41/h1-21,39-40H. The van der Waals surface area contributed by atoms with Crippen LogP contribution in [-0.4, -0.2) is 16.8 Å². The highest BCUT2D eigenvalue weighted by molar-refractivity contribution is 7.26. The number of nitrogens with one attached hydrogen (secondary N) is 1. The zero-order valence-corrected chi connectivity index (χ0v) is 23.5. The van der Waals surface area contributed by atoms with Gasteiger partial charge in [0, 0.05) is 43.0 Å². The summed E-state index contributed by atoms with van der Waals surface area (Å²) in [5.41, 5.74) is 14.2. The SMILES string of the molecule is B1c2c(-c3cccc4c3[nH]c3c5ccccc5sc43)cc(-c3ccccc3)cc2-n2c3ccccc3c3cccc1c32. The van der Waals surface area contributed by atoms with Gasteiger partial charge < -0.3 is 9.55 Å². The number of thiophene rings is 1. The minimum Gasteiger partial charge on any atom is -0.353 e. The number of fused-ring (bicyclic) bond motifs is 10. The van der Waals surface area contributed by atoms with Gasteiger partial charge in [-0.1, -0.05) is 109 Å². The first-order valence-corrected chi connectivity index (χ1v) is 15.3. The number of rotatable bonds is 2. The van der Waals surface area contributed by atoms with Crippen LogP contribution in [0.5, 0.6) is 0 Å². The first-order valence-electron chi connectivity index (χ1n) is 14.5. The summed E-state index contributed by atoms with van der Waals surface area (Å²) in [6.45, 7) is 0. The lowest BCUT2D eigenvalue weighted by Crippen LogP contribution is -2.37. The van der Waals surface area contributed by atoms with Crippen LogP contribution < -0.4 is 10.9 Å². The van der Waals surface area contributed by atoms with E-state index >= 15 is 0 Å². The second-order valence-electron chi connectivity index (χ2n) is 11.4. The summed E-state index contributed by atoms with van der Waals surface area (Å²) in [7, 11) is 0.905. The average molecular weight is 550 g/mol. The molecule has 3 aromatic heterocycles. The molecule has 6 aromatic carbocycles. The molecule has 0 saturated carbocycles. The first kappa shape index (κ1) is 22.6. The molecule has 0 amide bonds. The van der Waals surface area contributed by atoms with Crippen molar-refractivity contribution >= 4 is 82.6 Å². The Morgan fingerprint density at radius 3 is 2.26 bits per heavy atom. The van der Waals surface area contributed by atoms with Gasteiger partial charge >= 0.3 is 0 Å². The lowest BCUT2D eigenvalue weighted by Gasteiger charge is -2.25. The van der Waals surface area contributed by atoms with Crippen molar-refractivity contribution in [3.05, 3.63) is 127 Å². The van der Waals surface area contributed by atoms with Crippen molar-refractivity contribution in [3.63, 3.8) is 0 Å². The number of aromatic nitrogens is 2. The molecule has 0 unspecified atom stereocenters. The molecule has 2 nitrogen and oxygen atoms in total. The van der Waals surface area contributed by atoms with Gasteiger partial charge in [0.1, 0.15) is 0 Å². The van der Waals surface area contributed by atoms with Gasteiger partial charge in [-0.05, 0) is 46.4 Å². The van der Waals surface area contributed by atoms with Crippen molar-refractivity contribution in [1.82, 2.24) is 9.55 Å². The minimum absolute atomic E-state index is 0.905. The predicted octanol–water partition coefficient (Wildman–Crippen LogP) is 8.67. The van der Waals surface area contributed by atoms with E-state index in [2.05, 4.69) is 137 Å². The van der Waals surface area contributed by atoms with Gasteiger partial charge in [0.05, 0.1) is 21.3 Å². The van der Waals surface area contributed by atoms with E-state index in [1.54, 1.807) is 0 Å². The van der Waals surface area contributed by atoms with Crippen molar-refractivity contribution in [2.75, 3.05) is 0 Å². The number of hydrogen-bond donors (Lipinski definition) is 1. The first-order chi connectivity index (χ1) is 20.8. The van der Waals surface area contributed by atoms with E-state index in [1.807, 2.05) is 11.3 Å². The van der Waals surface area contributed by atoms with E-state index in [0.29, 0.717) is 0 Å². The molecule has 194 valence electrons. The van der Waals surface area contributed by atoms with Crippen LogP contribution in [0.1, 0.15) is 0 Å². The molecular weight excluding hydrogens is 527 g/mol. The van der Waals surface area contributed by atoms with E-state index in [0.717, 1.165) is 7.28 Å². The van der Waals surface area contributed by atoms with Gasteiger partial charge in [-0.15, -0.1) is 11.3 Å². The van der Waals surface area contributed by atoms with Crippen molar-refractivity contribution in [1.29, 1.82) is 0 Å². The predicted molar refractivity (Wildman–Crippen MR) is 183 cm³/mol. The number of para-hydroxylation sites is 3. The zero-order chi connectivity index (χ0) is 27.4. The zero-order valence-electron chi connectivity index (χ0n) is 22.7. The molecule has 0 atom stereocenters. The molecule has 0 spiro atoms. The molecule has 0 aliphatic carbocycles. The Hall–Kier alpha value is -5.06. The van der Waals surface area contributed by atoms with Crippen LogP contribution in [0, 0.1) is 0 Å². The monoisotopic (exact) mass is 550 g/mol. The number of aromatic amines is 1. The highest BCUT2D eigenvalue weighted by Crippen LogP contribution is 2.42. The Bertz CT molecular complexity index is 2550. The summed E-state index contributed by atoms with van der Waals surface area (Å²) in [5.74, 6) is 0. The molecule has 0 fully saturated rings. The van der Waals surface area contributed by atoms with Crippen LogP contribution in [0.3, 0.4) is 0 Å². The van der Waals surface area contributed by atoms with Gasteiger partial charge in [0.2, 0.25) is 0 Å². The van der Waals surface area contributed by atoms with Crippen LogP contribution in [-0.2, 0) is 0 Å². The minimum atomic E-state index is 0.905. The molecular formula is C38H23BN2S. The van der Waals surface area contributed by atoms with E-state index in [4.69, 9.17) is 0 Å². The second kappa shape index (κ2) is 8.25. The normalized spacial score (nSPS) is 12.5. The smallest absolute Gasteiger partial charge is 0.198 e. The molecule has 42 heavy (non-hydrogen) atoms. The molecule has 1 aliphatic heterocycles. The maximum atomic E-state index is 3.90. The molecule has 0 bridgehead atoms. The fourth-order valence-corrected chi connectivity index (χ4v) is 8.53. The van der Waals surface area contributed by atoms with Gasteiger partial charge in [0.25, 0.3) is 0 Å². The maximum absolute atomic E-state index is 3.90. The van der Waals surface area contributed by atoms with Crippen molar-refractivity contribution in [2.45, 2.75) is 0 Å². The lowest BCUT2D eigenvalue weighted by atomic mass is 9.59. The number of H-pyrrole nitrogens is 1. The fourth-order valence-electron chi connectivity index (χ4n) is 7.34. The van der Waals surface area contributed by atoms with Crippen molar-refractivity contribution in [2.24, 2.45) is 0 Å². The molecule has 4 heterocycles. The number of benzene rings is 6. The third kappa shape index (κ3) is 2.94. The molecule has 0 radical (unpaired) electrons. The van der Waals surface area contributed by atoms with Gasteiger partial charge in [-0.2, -0.15) is 0 Å². The number of nitrogens with zero attached hydrogens (tertiary/aromatic N) is 1. The Morgan fingerprint density at radius 1 is 0.571 bits per heavy atom. The second-order valence-corrected chi connectivity index (χ2v) is 12.4. The Labute approximate surface area is 246 Å². The van der Waals surface area contributed by atoms with Crippen LogP contribution in [0.25, 0.3) is 81.0 Å². The highest BCUT2D eigenvalue weighted by atomic mass is 32.1. The third-order valence-corrected chi connectivity index (χ3v) is 10.4. The maximum Gasteiger partial charge on any atom is 0.198 e. The Morgan fingerprint density at radius 2 is 1.33 bits per heavy atom. The van der Waals surface area contributed by atoms with E-state index < -0.39 is 0 Å². The fraction of sp³-hybridized carbons (Fsp3) is 0. The quantitative estimate of drug-likeness (QED) is 0.208. The summed E-state index contributed by atoms with van der Waals surface area (Å²) >= 11 is 1.88. The van der Waals surface area contributed by atoms with Crippen molar-refractivity contribution < 1.29 is 0 Å². The lowest BCUT2D eigenvalue weighted by molar-refractivity contribution is 1.19. The summed E-state index contributed by atoms with van der Waals surface area (Å²) in [6.07, 6.45) is 0. The molecule has 1 aliphatic rings. The van der Waals surface area contributed by atoms with Crippen molar-refractivity contribution in [3.8, 4) is 27.9 Å². The topological polar surface area (TPSA) is 20.7 Å². The molecule has 4 heteroatoms. The molecule has 10 rings (SSSR count). The van der Waals surface area contributed by atoms with Crippen LogP contribution in [0.2, 0.25) is 0 Å². The van der Waals surface area contributed by atoms with E-state index in [-0.39, 0.29) is 0 Å². The van der Waals surface area contributed by atoms with Gasteiger partial charge in [-0.3, -0.25) is 0 Å². The molecule has 9 aromatic rings. The average Bonchev–Trinajstić information content (AvgIpc) is 3.71. The van der Waals surface area contributed by atoms with Crippen LogP contribution >= 0.6 is 11.3 Å². The number of hydrogen-bond acceptors (Lipinski definition) is 1. The Kier molecular flexibility index (Phi) is 4.44. The Balaban J connectivity index is 1.34. The summed E-state index contributed by atoms with van der Waals surface area (Å²) in [5, 5.41) is 5.24. The highest BCUT2D eigenvalue weighted by Gasteiger charge is 2.27. The van der Waals surface area contributed by atoms with Gasteiger partial charge in [0.15, 0.2) is 7.28 Å².